The van der Waals surface area contributed by atoms with Crippen LogP contribution in [0.25, 0.3) is 11.0 Å². The SMILES string of the molecule is CCc1nc2ccccc2n1Cc1csc(N)n1. The highest BCUT2D eigenvalue weighted by Crippen LogP contribution is 2.19. The topological polar surface area (TPSA) is 56.7 Å². The molecule has 0 saturated heterocycles. The minimum absolute atomic E-state index is 0.618. The van der Waals surface area contributed by atoms with E-state index in [2.05, 4.69) is 27.5 Å². The number of aryl methyl sites for hydroxylation is 1. The number of aromatic nitrogens is 3. The quantitative estimate of drug-likeness (QED) is 0.785. The van der Waals surface area contributed by atoms with Gasteiger partial charge in [0.15, 0.2) is 5.13 Å². The largest absolute Gasteiger partial charge is 0.375 e. The van der Waals surface area contributed by atoms with Crippen LogP contribution in [-0.4, -0.2) is 14.5 Å². The predicted octanol–water partition coefficient (Wildman–Crippen LogP) is 2.69. The number of benzene rings is 1. The molecular formula is C13H14N4S. The Hall–Kier alpha value is -1.88. The van der Waals surface area contributed by atoms with Gasteiger partial charge in [0.1, 0.15) is 5.82 Å². The molecule has 0 saturated carbocycles. The number of hydrogen-bond acceptors (Lipinski definition) is 4. The third-order valence-electron chi connectivity index (χ3n) is 2.94. The molecule has 92 valence electrons. The molecule has 4 nitrogen and oxygen atoms in total. The first kappa shape index (κ1) is 11.2. The fourth-order valence-corrected chi connectivity index (χ4v) is 2.68. The molecule has 0 radical (unpaired) electrons. The summed E-state index contributed by atoms with van der Waals surface area (Å²) in [6, 6.07) is 8.19. The molecule has 0 fully saturated rings. The highest BCUT2D eigenvalue weighted by Gasteiger charge is 2.10. The Kier molecular flexibility index (Phi) is 2.76. The van der Waals surface area contributed by atoms with Crippen LogP contribution in [0.2, 0.25) is 0 Å². The fraction of sp³-hybridized carbons (Fsp3) is 0.231. The molecule has 0 amide bonds. The van der Waals surface area contributed by atoms with Gasteiger partial charge in [-0.3, -0.25) is 0 Å². The second-order valence-corrected chi connectivity index (χ2v) is 5.02. The normalized spacial score (nSPS) is 11.2. The third kappa shape index (κ3) is 1.86. The van der Waals surface area contributed by atoms with Crippen molar-refractivity contribution >= 4 is 27.5 Å². The van der Waals surface area contributed by atoms with Crippen molar-refractivity contribution in [2.75, 3.05) is 5.73 Å². The van der Waals surface area contributed by atoms with Crippen molar-refractivity contribution in [1.82, 2.24) is 14.5 Å². The van der Waals surface area contributed by atoms with Gasteiger partial charge in [-0.25, -0.2) is 9.97 Å². The van der Waals surface area contributed by atoms with Crippen LogP contribution in [0.1, 0.15) is 18.4 Å². The molecule has 0 bridgehead atoms. The third-order valence-corrected chi connectivity index (χ3v) is 3.66. The number of imidazole rings is 1. The molecule has 2 aromatic heterocycles. The van der Waals surface area contributed by atoms with Crippen LogP contribution < -0.4 is 5.73 Å². The molecule has 0 aliphatic rings. The lowest BCUT2D eigenvalue weighted by molar-refractivity contribution is 0.741. The van der Waals surface area contributed by atoms with Gasteiger partial charge in [-0.15, -0.1) is 11.3 Å². The van der Waals surface area contributed by atoms with Gasteiger partial charge < -0.3 is 10.3 Å². The number of thiazole rings is 1. The second-order valence-electron chi connectivity index (χ2n) is 4.13. The van der Waals surface area contributed by atoms with Gasteiger partial charge in [-0.05, 0) is 12.1 Å². The van der Waals surface area contributed by atoms with Gasteiger partial charge >= 0.3 is 0 Å². The molecular weight excluding hydrogens is 244 g/mol. The van der Waals surface area contributed by atoms with Crippen molar-refractivity contribution in [2.45, 2.75) is 19.9 Å². The summed E-state index contributed by atoms with van der Waals surface area (Å²) in [6.45, 7) is 2.85. The molecule has 0 spiro atoms. The van der Waals surface area contributed by atoms with Crippen LogP contribution in [0.5, 0.6) is 0 Å². The minimum atomic E-state index is 0.618. The van der Waals surface area contributed by atoms with E-state index in [1.807, 2.05) is 23.6 Å². The first-order chi connectivity index (χ1) is 8.78. The lowest BCUT2D eigenvalue weighted by atomic mass is 10.3. The average molecular weight is 258 g/mol. The molecule has 3 aromatic rings. The van der Waals surface area contributed by atoms with Crippen molar-refractivity contribution in [3.8, 4) is 0 Å². The summed E-state index contributed by atoms with van der Waals surface area (Å²) < 4.78 is 2.21. The Bertz CT molecular complexity index is 683. The lowest BCUT2D eigenvalue weighted by Crippen LogP contribution is -2.04. The van der Waals surface area contributed by atoms with E-state index in [9.17, 15) is 0 Å². The van der Waals surface area contributed by atoms with E-state index < -0.39 is 0 Å². The Balaban J connectivity index is 2.09. The molecule has 2 heterocycles. The Morgan fingerprint density at radius 3 is 2.83 bits per heavy atom. The number of para-hydroxylation sites is 2. The number of nitrogen functional groups attached to an aromatic ring is 1. The van der Waals surface area contributed by atoms with E-state index in [-0.39, 0.29) is 0 Å². The summed E-state index contributed by atoms with van der Waals surface area (Å²) in [7, 11) is 0. The summed E-state index contributed by atoms with van der Waals surface area (Å²) in [6.07, 6.45) is 0.911. The number of nitrogens with zero attached hydrogens (tertiary/aromatic N) is 3. The summed E-state index contributed by atoms with van der Waals surface area (Å²) in [5.74, 6) is 1.09. The standard InChI is InChI=1S/C13H14N4S/c1-2-12-16-10-5-3-4-6-11(10)17(12)7-9-8-18-13(14)15-9/h3-6,8H,2,7H2,1H3,(H2,14,15). The van der Waals surface area contributed by atoms with E-state index in [1.54, 1.807) is 0 Å². The van der Waals surface area contributed by atoms with Crippen molar-refractivity contribution < 1.29 is 0 Å². The highest BCUT2D eigenvalue weighted by atomic mass is 32.1. The summed E-state index contributed by atoms with van der Waals surface area (Å²) in [5.41, 5.74) is 8.86. The Labute approximate surface area is 109 Å². The number of hydrogen-bond donors (Lipinski definition) is 1. The van der Waals surface area contributed by atoms with Crippen LogP contribution in [0.4, 0.5) is 5.13 Å². The average Bonchev–Trinajstić information content (AvgIpc) is 2.94. The molecule has 0 aliphatic carbocycles. The number of rotatable bonds is 3. The molecule has 5 heteroatoms. The number of nitrogens with two attached hydrogens (primary N) is 1. The van der Waals surface area contributed by atoms with Gasteiger partial charge in [0.05, 0.1) is 23.3 Å². The predicted molar refractivity (Wildman–Crippen MR) is 74.7 cm³/mol. The Morgan fingerprint density at radius 1 is 1.28 bits per heavy atom. The monoisotopic (exact) mass is 258 g/mol. The molecule has 3 rings (SSSR count). The van der Waals surface area contributed by atoms with E-state index in [1.165, 1.54) is 11.3 Å². The van der Waals surface area contributed by atoms with Crippen molar-refractivity contribution in [3.63, 3.8) is 0 Å². The van der Waals surface area contributed by atoms with E-state index >= 15 is 0 Å². The maximum absolute atomic E-state index is 5.67. The van der Waals surface area contributed by atoms with Crippen LogP contribution in [0.15, 0.2) is 29.6 Å². The van der Waals surface area contributed by atoms with Crippen LogP contribution in [0.3, 0.4) is 0 Å². The Morgan fingerprint density at radius 2 is 2.11 bits per heavy atom. The molecule has 0 atom stereocenters. The number of fused-ring (bicyclic) bond motifs is 1. The molecule has 2 N–H and O–H groups in total. The van der Waals surface area contributed by atoms with E-state index in [0.29, 0.717) is 5.13 Å². The zero-order chi connectivity index (χ0) is 12.5. The fourth-order valence-electron chi connectivity index (χ4n) is 2.13. The second kappa shape index (κ2) is 4.42. The van der Waals surface area contributed by atoms with Crippen molar-refractivity contribution in [3.05, 3.63) is 41.2 Å². The minimum Gasteiger partial charge on any atom is -0.375 e. The summed E-state index contributed by atoms with van der Waals surface area (Å²) in [4.78, 5) is 8.96. The highest BCUT2D eigenvalue weighted by molar-refractivity contribution is 7.13. The van der Waals surface area contributed by atoms with Crippen LogP contribution in [-0.2, 0) is 13.0 Å². The maximum Gasteiger partial charge on any atom is 0.180 e. The van der Waals surface area contributed by atoms with Crippen molar-refractivity contribution in [1.29, 1.82) is 0 Å². The maximum atomic E-state index is 5.67. The zero-order valence-electron chi connectivity index (χ0n) is 10.1. The van der Waals surface area contributed by atoms with E-state index in [4.69, 9.17) is 5.73 Å². The van der Waals surface area contributed by atoms with Gasteiger partial charge in [0.25, 0.3) is 0 Å². The van der Waals surface area contributed by atoms with Crippen LogP contribution in [0, 0.1) is 0 Å². The summed E-state index contributed by atoms with van der Waals surface area (Å²) in [5, 5.41) is 2.62. The van der Waals surface area contributed by atoms with Gasteiger partial charge in [0, 0.05) is 11.8 Å². The van der Waals surface area contributed by atoms with Crippen LogP contribution >= 0.6 is 11.3 Å². The summed E-state index contributed by atoms with van der Waals surface area (Å²) >= 11 is 1.48. The molecule has 1 aromatic carbocycles. The van der Waals surface area contributed by atoms with Crippen molar-refractivity contribution in [2.24, 2.45) is 0 Å². The van der Waals surface area contributed by atoms with Gasteiger partial charge in [-0.2, -0.15) is 0 Å². The lowest BCUT2D eigenvalue weighted by Gasteiger charge is -2.05. The number of anilines is 1. The van der Waals surface area contributed by atoms with Gasteiger partial charge in [0.2, 0.25) is 0 Å². The molecule has 18 heavy (non-hydrogen) atoms. The molecule has 0 aliphatic heterocycles. The molecule has 0 unspecified atom stereocenters. The van der Waals surface area contributed by atoms with E-state index in [0.717, 1.165) is 35.5 Å². The smallest absolute Gasteiger partial charge is 0.180 e. The zero-order valence-corrected chi connectivity index (χ0v) is 10.9. The van der Waals surface area contributed by atoms with Gasteiger partial charge in [-0.1, -0.05) is 19.1 Å². The first-order valence-electron chi connectivity index (χ1n) is 5.92. The first-order valence-corrected chi connectivity index (χ1v) is 6.80.